The molecule has 5 heteroatoms. The Morgan fingerprint density at radius 1 is 1.41 bits per heavy atom. The second kappa shape index (κ2) is 6.31. The van der Waals surface area contributed by atoms with E-state index in [0.717, 1.165) is 31.7 Å². The van der Waals surface area contributed by atoms with Gasteiger partial charge in [-0.15, -0.1) is 6.42 Å². The first kappa shape index (κ1) is 15.4. The molecule has 2 aliphatic rings. The van der Waals surface area contributed by atoms with Crippen molar-refractivity contribution in [1.82, 2.24) is 4.90 Å². The fourth-order valence-electron chi connectivity index (χ4n) is 3.24. The zero-order chi connectivity index (χ0) is 15.6. The van der Waals surface area contributed by atoms with E-state index in [1.165, 1.54) is 11.1 Å². The number of nitrogens with zero attached hydrogens (tertiary/aromatic N) is 1. The summed E-state index contributed by atoms with van der Waals surface area (Å²) in [5.74, 6) is 4.18. The van der Waals surface area contributed by atoms with Gasteiger partial charge in [0.25, 0.3) is 0 Å². The Bertz CT molecular complexity index is 690. The molecule has 2 heterocycles. The van der Waals surface area contributed by atoms with E-state index in [4.69, 9.17) is 11.2 Å². The van der Waals surface area contributed by atoms with E-state index >= 15 is 0 Å². The summed E-state index contributed by atoms with van der Waals surface area (Å²) in [6, 6.07) is 6.38. The number of benzene rings is 1. The molecule has 3 rings (SSSR count). The topological polar surface area (TPSA) is 46.6 Å². The van der Waals surface area contributed by atoms with Crippen molar-refractivity contribution in [3.05, 3.63) is 29.3 Å². The van der Waals surface area contributed by atoms with Crippen LogP contribution in [0.3, 0.4) is 0 Å². The standard InChI is InChI=1S/C17H21NO3S/c1-2-8-18(16-7-11-22(19,20)13-16)9-5-14-3-4-17-15(12-14)6-10-21-17/h1,3-4,12,16H,5-11,13H2/t16-/m1/s1. The van der Waals surface area contributed by atoms with Crippen LogP contribution in [0.25, 0.3) is 0 Å². The molecule has 0 saturated carbocycles. The molecular weight excluding hydrogens is 298 g/mol. The quantitative estimate of drug-likeness (QED) is 0.767. The van der Waals surface area contributed by atoms with Crippen LogP contribution < -0.4 is 4.74 Å². The molecule has 0 radical (unpaired) electrons. The minimum atomic E-state index is -2.88. The van der Waals surface area contributed by atoms with Crippen LogP contribution in [-0.2, 0) is 22.7 Å². The average molecular weight is 319 g/mol. The number of rotatable bonds is 5. The zero-order valence-corrected chi connectivity index (χ0v) is 13.4. The van der Waals surface area contributed by atoms with Crippen molar-refractivity contribution in [1.29, 1.82) is 0 Å². The van der Waals surface area contributed by atoms with Crippen molar-refractivity contribution in [2.75, 3.05) is 31.2 Å². The molecule has 0 aliphatic carbocycles. The van der Waals surface area contributed by atoms with Crippen molar-refractivity contribution in [3.8, 4) is 18.1 Å². The van der Waals surface area contributed by atoms with Crippen LogP contribution >= 0.6 is 0 Å². The first-order valence-electron chi connectivity index (χ1n) is 7.70. The van der Waals surface area contributed by atoms with Gasteiger partial charge in [-0.1, -0.05) is 18.1 Å². The van der Waals surface area contributed by atoms with E-state index in [1.54, 1.807) is 0 Å². The van der Waals surface area contributed by atoms with Gasteiger partial charge in [-0.2, -0.15) is 0 Å². The minimum absolute atomic E-state index is 0.0683. The maximum atomic E-state index is 11.7. The summed E-state index contributed by atoms with van der Waals surface area (Å²) in [4.78, 5) is 2.13. The van der Waals surface area contributed by atoms with E-state index in [1.807, 2.05) is 6.07 Å². The fourth-order valence-corrected chi connectivity index (χ4v) is 5.00. The van der Waals surface area contributed by atoms with E-state index < -0.39 is 9.84 Å². The van der Waals surface area contributed by atoms with E-state index in [9.17, 15) is 8.42 Å². The van der Waals surface area contributed by atoms with E-state index in [0.29, 0.717) is 13.0 Å². The van der Waals surface area contributed by atoms with E-state index in [2.05, 4.69) is 23.0 Å². The minimum Gasteiger partial charge on any atom is -0.493 e. The van der Waals surface area contributed by atoms with Crippen molar-refractivity contribution >= 4 is 9.84 Å². The second-order valence-corrected chi connectivity index (χ2v) is 8.25. The van der Waals surface area contributed by atoms with Gasteiger partial charge in [0, 0.05) is 19.0 Å². The van der Waals surface area contributed by atoms with Crippen LogP contribution in [0.4, 0.5) is 0 Å². The molecule has 1 aromatic rings. The molecule has 0 spiro atoms. The Morgan fingerprint density at radius 2 is 2.27 bits per heavy atom. The number of sulfone groups is 1. The predicted octanol–water partition coefficient (Wildman–Crippen LogP) is 1.29. The first-order chi connectivity index (χ1) is 10.6. The van der Waals surface area contributed by atoms with Crippen LogP contribution in [0, 0.1) is 12.3 Å². The van der Waals surface area contributed by atoms with Crippen molar-refractivity contribution in [2.45, 2.75) is 25.3 Å². The highest BCUT2D eigenvalue weighted by atomic mass is 32.2. The summed E-state index contributed by atoms with van der Waals surface area (Å²) < 4.78 is 28.8. The SMILES string of the molecule is C#CCN(CCc1ccc2c(c1)CCO2)[C@@H]1CCS(=O)(=O)C1. The van der Waals surface area contributed by atoms with Gasteiger partial charge >= 0.3 is 0 Å². The van der Waals surface area contributed by atoms with Crippen LogP contribution in [-0.4, -0.2) is 50.6 Å². The normalized spacial score (nSPS) is 22.3. The summed E-state index contributed by atoms with van der Waals surface area (Å²) in [5.41, 5.74) is 2.52. The molecule has 4 nitrogen and oxygen atoms in total. The molecule has 1 aromatic carbocycles. The van der Waals surface area contributed by atoms with Gasteiger partial charge in [0.15, 0.2) is 9.84 Å². The number of fused-ring (bicyclic) bond motifs is 1. The Hall–Kier alpha value is -1.51. The van der Waals surface area contributed by atoms with Gasteiger partial charge in [0.05, 0.1) is 24.7 Å². The highest BCUT2D eigenvalue weighted by Crippen LogP contribution is 2.26. The second-order valence-electron chi connectivity index (χ2n) is 6.02. The smallest absolute Gasteiger partial charge is 0.151 e. The molecule has 0 bridgehead atoms. The Balaban J connectivity index is 1.63. The summed E-state index contributed by atoms with van der Waals surface area (Å²) >= 11 is 0. The average Bonchev–Trinajstić information content (AvgIpc) is 3.08. The molecule has 0 unspecified atom stereocenters. The molecule has 1 atom stereocenters. The van der Waals surface area contributed by atoms with Gasteiger partial charge in [-0.3, -0.25) is 4.90 Å². The predicted molar refractivity (Wildman–Crippen MR) is 86.8 cm³/mol. The zero-order valence-electron chi connectivity index (χ0n) is 12.6. The van der Waals surface area contributed by atoms with Gasteiger partial charge < -0.3 is 4.74 Å². The Labute approximate surface area is 132 Å². The third-order valence-corrected chi connectivity index (χ3v) is 6.21. The lowest BCUT2D eigenvalue weighted by Crippen LogP contribution is -2.38. The third-order valence-electron chi connectivity index (χ3n) is 4.46. The van der Waals surface area contributed by atoms with Crippen molar-refractivity contribution in [2.24, 2.45) is 0 Å². The Kier molecular flexibility index (Phi) is 4.42. The summed E-state index contributed by atoms with van der Waals surface area (Å²) in [6.45, 7) is 2.07. The van der Waals surface area contributed by atoms with E-state index in [-0.39, 0.29) is 17.5 Å². The molecule has 22 heavy (non-hydrogen) atoms. The lowest BCUT2D eigenvalue weighted by molar-refractivity contribution is 0.242. The molecule has 118 valence electrons. The molecule has 1 fully saturated rings. The number of terminal acetylenes is 1. The summed E-state index contributed by atoms with van der Waals surface area (Å²) in [6.07, 6.45) is 8.00. The molecule has 1 saturated heterocycles. The van der Waals surface area contributed by atoms with Crippen molar-refractivity contribution < 1.29 is 13.2 Å². The molecule has 0 aromatic heterocycles. The third kappa shape index (κ3) is 3.45. The van der Waals surface area contributed by atoms with Crippen LogP contribution in [0.1, 0.15) is 17.5 Å². The van der Waals surface area contributed by atoms with Crippen LogP contribution in [0.2, 0.25) is 0 Å². The molecule has 0 amide bonds. The first-order valence-corrected chi connectivity index (χ1v) is 9.52. The largest absolute Gasteiger partial charge is 0.493 e. The Morgan fingerprint density at radius 3 is 3.00 bits per heavy atom. The lowest BCUT2D eigenvalue weighted by Gasteiger charge is -2.25. The highest BCUT2D eigenvalue weighted by molar-refractivity contribution is 7.91. The maximum Gasteiger partial charge on any atom is 0.151 e. The molecular formula is C17H21NO3S. The van der Waals surface area contributed by atoms with Crippen molar-refractivity contribution in [3.63, 3.8) is 0 Å². The van der Waals surface area contributed by atoms with Gasteiger partial charge in [-0.25, -0.2) is 8.42 Å². The monoisotopic (exact) mass is 319 g/mol. The maximum absolute atomic E-state index is 11.7. The van der Waals surface area contributed by atoms with Crippen LogP contribution in [0.15, 0.2) is 18.2 Å². The summed E-state index contributed by atoms with van der Waals surface area (Å²) in [7, 11) is -2.88. The fraction of sp³-hybridized carbons (Fsp3) is 0.529. The number of ether oxygens (including phenoxy) is 1. The number of hydrogen-bond donors (Lipinski definition) is 0. The molecule has 0 N–H and O–H groups in total. The number of hydrogen-bond acceptors (Lipinski definition) is 4. The van der Waals surface area contributed by atoms with Gasteiger partial charge in [0.1, 0.15) is 5.75 Å². The summed E-state index contributed by atoms with van der Waals surface area (Å²) in [5, 5.41) is 0. The highest BCUT2D eigenvalue weighted by Gasteiger charge is 2.31. The molecule has 2 aliphatic heterocycles. The van der Waals surface area contributed by atoms with Gasteiger partial charge in [0.2, 0.25) is 0 Å². The van der Waals surface area contributed by atoms with Gasteiger partial charge in [-0.05, 0) is 30.0 Å². The lowest BCUT2D eigenvalue weighted by atomic mass is 10.1. The van der Waals surface area contributed by atoms with Crippen LogP contribution in [0.5, 0.6) is 5.75 Å².